The third-order valence-electron chi connectivity index (χ3n) is 2.63. The molecule has 1 aliphatic heterocycles. The first-order valence-corrected chi connectivity index (χ1v) is 6.16. The highest BCUT2D eigenvalue weighted by molar-refractivity contribution is 9.10. The summed E-state index contributed by atoms with van der Waals surface area (Å²) < 4.78 is 1.11. The third kappa shape index (κ3) is 2.83. The molecule has 0 aromatic heterocycles. The van der Waals surface area contributed by atoms with Gasteiger partial charge in [-0.3, -0.25) is 5.01 Å². The Bertz CT molecular complexity index is 401. The highest BCUT2D eigenvalue weighted by atomic mass is 79.9. The van der Waals surface area contributed by atoms with Gasteiger partial charge in [-0.2, -0.15) is 5.10 Å². The SMILES string of the molecule is CN(C)CCN1Cc2ccc(Br)cc2C=N1. The minimum Gasteiger partial charge on any atom is -0.308 e. The summed E-state index contributed by atoms with van der Waals surface area (Å²) in [6, 6.07) is 6.36. The topological polar surface area (TPSA) is 18.8 Å². The molecule has 0 fully saturated rings. The normalized spacial score (nSPS) is 14.4. The summed E-state index contributed by atoms with van der Waals surface area (Å²) in [6.07, 6.45) is 1.94. The van der Waals surface area contributed by atoms with Crippen molar-refractivity contribution in [1.82, 2.24) is 9.91 Å². The van der Waals surface area contributed by atoms with Crippen molar-refractivity contribution in [3.63, 3.8) is 0 Å². The smallest absolute Gasteiger partial charge is 0.0617 e. The van der Waals surface area contributed by atoms with Gasteiger partial charge >= 0.3 is 0 Å². The molecular weight excluding hydrogens is 266 g/mol. The first-order valence-electron chi connectivity index (χ1n) is 5.37. The van der Waals surface area contributed by atoms with Gasteiger partial charge in [-0.25, -0.2) is 0 Å². The van der Waals surface area contributed by atoms with Crippen LogP contribution in [0.1, 0.15) is 11.1 Å². The molecule has 0 unspecified atom stereocenters. The number of hydrogen-bond donors (Lipinski definition) is 0. The number of nitrogens with zero attached hydrogens (tertiary/aromatic N) is 3. The largest absolute Gasteiger partial charge is 0.308 e. The molecule has 16 heavy (non-hydrogen) atoms. The van der Waals surface area contributed by atoms with Crippen molar-refractivity contribution in [2.75, 3.05) is 27.2 Å². The van der Waals surface area contributed by atoms with Crippen LogP contribution < -0.4 is 0 Å². The lowest BCUT2D eigenvalue weighted by Gasteiger charge is -2.25. The summed E-state index contributed by atoms with van der Waals surface area (Å²) in [6.45, 7) is 2.91. The molecule has 1 heterocycles. The summed E-state index contributed by atoms with van der Waals surface area (Å²) in [7, 11) is 4.16. The molecule has 0 bridgehead atoms. The second kappa shape index (κ2) is 4.97. The van der Waals surface area contributed by atoms with Crippen molar-refractivity contribution in [1.29, 1.82) is 0 Å². The van der Waals surface area contributed by atoms with Crippen molar-refractivity contribution in [3.05, 3.63) is 33.8 Å². The van der Waals surface area contributed by atoms with E-state index in [2.05, 4.69) is 63.2 Å². The van der Waals surface area contributed by atoms with Gasteiger partial charge in [0.05, 0.1) is 12.8 Å². The predicted molar refractivity (Wildman–Crippen MR) is 70.7 cm³/mol. The number of rotatable bonds is 3. The van der Waals surface area contributed by atoms with Crippen LogP contribution in [0.4, 0.5) is 0 Å². The van der Waals surface area contributed by atoms with E-state index in [0.717, 1.165) is 24.1 Å². The van der Waals surface area contributed by atoms with Gasteiger partial charge in [-0.05, 0) is 31.8 Å². The lowest BCUT2D eigenvalue weighted by Crippen LogP contribution is -2.29. The van der Waals surface area contributed by atoms with Gasteiger partial charge < -0.3 is 4.90 Å². The van der Waals surface area contributed by atoms with Crippen LogP contribution in [-0.2, 0) is 6.54 Å². The number of hydrogen-bond acceptors (Lipinski definition) is 3. The molecule has 0 saturated heterocycles. The van der Waals surface area contributed by atoms with Gasteiger partial charge in [0.1, 0.15) is 0 Å². The Hall–Kier alpha value is -0.870. The maximum absolute atomic E-state index is 4.44. The Labute approximate surface area is 105 Å². The van der Waals surface area contributed by atoms with E-state index in [1.54, 1.807) is 0 Å². The monoisotopic (exact) mass is 281 g/mol. The molecule has 0 atom stereocenters. The zero-order chi connectivity index (χ0) is 11.5. The van der Waals surface area contributed by atoms with Crippen molar-refractivity contribution in [2.45, 2.75) is 6.54 Å². The van der Waals surface area contributed by atoms with Gasteiger partial charge in [0.15, 0.2) is 0 Å². The van der Waals surface area contributed by atoms with Crippen molar-refractivity contribution >= 4 is 22.1 Å². The number of likely N-dealkylation sites (N-methyl/N-ethyl adjacent to an activating group) is 1. The Morgan fingerprint density at radius 2 is 2.25 bits per heavy atom. The molecule has 2 rings (SSSR count). The first kappa shape index (κ1) is 11.6. The summed E-state index contributed by atoms with van der Waals surface area (Å²) in [5.74, 6) is 0. The zero-order valence-electron chi connectivity index (χ0n) is 9.65. The van der Waals surface area contributed by atoms with Gasteiger partial charge in [0.2, 0.25) is 0 Å². The fourth-order valence-electron chi connectivity index (χ4n) is 1.66. The molecule has 86 valence electrons. The maximum Gasteiger partial charge on any atom is 0.0617 e. The lowest BCUT2D eigenvalue weighted by atomic mass is 10.1. The second-order valence-electron chi connectivity index (χ2n) is 4.28. The van der Waals surface area contributed by atoms with Crippen LogP contribution in [-0.4, -0.2) is 43.3 Å². The van der Waals surface area contributed by atoms with Crippen LogP contribution in [0, 0.1) is 0 Å². The van der Waals surface area contributed by atoms with Crippen molar-refractivity contribution < 1.29 is 0 Å². The lowest BCUT2D eigenvalue weighted by molar-refractivity contribution is 0.241. The number of halogens is 1. The van der Waals surface area contributed by atoms with Crippen LogP contribution >= 0.6 is 15.9 Å². The van der Waals surface area contributed by atoms with E-state index in [4.69, 9.17) is 0 Å². The molecule has 0 saturated carbocycles. The maximum atomic E-state index is 4.44. The minimum atomic E-state index is 0.910. The van der Waals surface area contributed by atoms with E-state index < -0.39 is 0 Å². The number of fused-ring (bicyclic) bond motifs is 1. The van der Waals surface area contributed by atoms with E-state index in [1.165, 1.54) is 11.1 Å². The number of hydrazone groups is 1. The molecule has 0 N–H and O–H groups in total. The van der Waals surface area contributed by atoms with Crippen LogP contribution in [0.15, 0.2) is 27.8 Å². The summed E-state index contributed by atoms with van der Waals surface area (Å²) in [5, 5.41) is 6.55. The molecule has 4 heteroatoms. The van der Waals surface area contributed by atoms with Crippen molar-refractivity contribution in [2.24, 2.45) is 5.10 Å². The summed E-state index contributed by atoms with van der Waals surface area (Å²) in [5.41, 5.74) is 2.56. The predicted octanol–water partition coefficient (Wildman–Crippen LogP) is 2.16. The van der Waals surface area contributed by atoms with Gasteiger partial charge in [-0.15, -0.1) is 0 Å². The third-order valence-corrected chi connectivity index (χ3v) is 3.12. The molecule has 0 spiro atoms. The molecule has 0 radical (unpaired) electrons. The van der Waals surface area contributed by atoms with E-state index in [1.807, 2.05) is 6.21 Å². The average molecular weight is 282 g/mol. The van der Waals surface area contributed by atoms with E-state index in [9.17, 15) is 0 Å². The average Bonchev–Trinajstić information content (AvgIpc) is 2.26. The highest BCUT2D eigenvalue weighted by Crippen LogP contribution is 2.19. The fraction of sp³-hybridized carbons (Fsp3) is 0.417. The molecular formula is C12H16BrN3. The standard InChI is InChI=1S/C12H16BrN3/c1-15(2)5-6-16-9-10-3-4-12(13)7-11(10)8-14-16/h3-4,7-8H,5-6,9H2,1-2H3. The highest BCUT2D eigenvalue weighted by Gasteiger charge is 2.11. The van der Waals surface area contributed by atoms with E-state index in [0.29, 0.717) is 0 Å². The summed E-state index contributed by atoms with van der Waals surface area (Å²) in [4.78, 5) is 2.17. The molecule has 1 aromatic rings. The van der Waals surface area contributed by atoms with Crippen LogP contribution in [0.2, 0.25) is 0 Å². The zero-order valence-corrected chi connectivity index (χ0v) is 11.2. The van der Waals surface area contributed by atoms with Crippen LogP contribution in [0.25, 0.3) is 0 Å². The van der Waals surface area contributed by atoms with Gasteiger partial charge in [0.25, 0.3) is 0 Å². The fourth-order valence-corrected chi connectivity index (χ4v) is 2.04. The Kier molecular flexibility index (Phi) is 3.61. The minimum absolute atomic E-state index is 0.910. The molecule has 0 aliphatic carbocycles. The van der Waals surface area contributed by atoms with Gasteiger partial charge in [-0.1, -0.05) is 22.0 Å². The second-order valence-corrected chi connectivity index (χ2v) is 5.19. The van der Waals surface area contributed by atoms with Gasteiger partial charge in [0, 0.05) is 23.1 Å². The van der Waals surface area contributed by atoms with Crippen LogP contribution in [0.5, 0.6) is 0 Å². The van der Waals surface area contributed by atoms with E-state index in [-0.39, 0.29) is 0 Å². The molecule has 3 nitrogen and oxygen atoms in total. The first-order chi connectivity index (χ1) is 7.65. The molecule has 1 aliphatic rings. The van der Waals surface area contributed by atoms with Crippen molar-refractivity contribution in [3.8, 4) is 0 Å². The quantitative estimate of drug-likeness (QED) is 0.846. The summed E-state index contributed by atoms with van der Waals surface area (Å²) >= 11 is 3.47. The molecule has 1 aromatic carbocycles. The Morgan fingerprint density at radius 3 is 3.00 bits per heavy atom. The number of benzene rings is 1. The van der Waals surface area contributed by atoms with Crippen LogP contribution in [0.3, 0.4) is 0 Å². The Balaban J connectivity index is 2.04. The molecule has 0 amide bonds. The Morgan fingerprint density at radius 1 is 1.44 bits per heavy atom. The van der Waals surface area contributed by atoms with E-state index >= 15 is 0 Å².